The van der Waals surface area contributed by atoms with Gasteiger partial charge in [-0.2, -0.15) is 0 Å². The Morgan fingerprint density at radius 1 is 1.37 bits per heavy atom. The van der Waals surface area contributed by atoms with Crippen molar-refractivity contribution in [3.8, 4) is 5.75 Å². The maximum atomic E-state index is 11.6. The third kappa shape index (κ3) is 4.91. The van der Waals surface area contributed by atoms with Gasteiger partial charge in [0, 0.05) is 19.6 Å². The van der Waals surface area contributed by atoms with E-state index in [0.717, 1.165) is 37.9 Å². The molecule has 0 spiro atoms. The second kappa shape index (κ2) is 7.14. The third-order valence-corrected chi connectivity index (χ3v) is 3.39. The van der Waals surface area contributed by atoms with E-state index in [9.17, 15) is 4.79 Å². The lowest BCUT2D eigenvalue weighted by molar-refractivity contribution is -0.121. The summed E-state index contributed by atoms with van der Waals surface area (Å²) in [6.45, 7) is 1.47. The number of nitrogens with one attached hydrogen (secondary N) is 1. The van der Waals surface area contributed by atoms with Crippen molar-refractivity contribution in [2.24, 2.45) is 0 Å². The predicted octanol–water partition coefficient (Wildman–Crippen LogP) is 2.01. The molecule has 1 unspecified atom stereocenters. The number of phenols is 1. The van der Waals surface area contributed by atoms with Gasteiger partial charge in [-0.15, -0.1) is 0 Å². The van der Waals surface area contributed by atoms with E-state index in [-0.39, 0.29) is 17.8 Å². The predicted molar refractivity (Wildman–Crippen MR) is 73.0 cm³/mol. The molecule has 0 aromatic heterocycles. The van der Waals surface area contributed by atoms with E-state index in [1.54, 1.807) is 12.1 Å². The first-order valence-electron chi connectivity index (χ1n) is 6.90. The van der Waals surface area contributed by atoms with Crippen LogP contribution < -0.4 is 5.32 Å². The molecule has 1 aromatic rings. The van der Waals surface area contributed by atoms with Gasteiger partial charge in [-0.05, 0) is 43.4 Å². The summed E-state index contributed by atoms with van der Waals surface area (Å²) in [5.74, 6) is 0.360. The van der Waals surface area contributed by atoms with Crippen molar-refractivity contribution < 1.29 is 14.6 Å². The van der Waals surface area contributed by atoms with Gasteiger partial charge in [0.2, 0.25) is 5.91 Å². The SMILES string of the molecule is O=C(CCC1CCCO1)NCCc1ccc(O)cc1. The summed E-state index contributed by atoms with van der Waals surface area (Å²) in [6, 6.07) is 7.06. The molecule has 0 saturated carbocycles. The number of rotatable bonds is 6. The molecule has 4 heteroatoms. The lowest BCUT2D eigenvalue weighted by Crippen LogP contribution is -2.26. The largest absolute Gasteiger partial charge is 0.508 e. The highest BCUT2D eigenvalue weighted by Crippen LogP contribution is 2.16. The number of phenolic OH excluding ortho intramolecular Hbond substituents is 1. The van der Waals surface area contributed by atoms with Crippen molar-refractivity contribution in [1.29, 1.82) is 0 Å². The monoisotopic (exact) mass is 263 g/mol. The Bertz CT molecular complexity index is 396. The highest BCUT2D eigenvalue weighted by atomic mass is 16.5. The molecular formula is C15H21NO3. The van der Waals surface area contributed by atoms with Crippen LogP contribution >= 0.6 is 0 Å². The van der Waals surface area contributed by atoms with Crippen LogP contribution in [0.25, 0.3) is 0 Å². The minimum atomic E-state index is 0.0919. The number of hydrogen-bond donors (Lipinski definition) is 2. The van der Waals surface area contributed by atoms with Crippen molar-refractivity contribution in [1.82, 2.24) is 5.32 Å². The second-order valence-corrected chi connectivity index (χ2v) is 4.94. The summed E-state index contributed by atoms with van der Waals surface area (Å²) in [6.07, 6.45) is 4.63. The van der Waals surface area contributed by atoms with Crippen LogP contribution in [0, 0.1) is 0 Å². The van der Waals surface area contributed by atoms with Gasteiger partial charge >= 0.3 is 0 Å². The van der Waals surface area contributed by atoms with Gasteiger partial charge in [-0.1, -0.05) is 12.1 Å². The fraction of sp³-hybridized carbons (Fsp3) is 0.533. The molecule has 1 aliphatic rings. The van der Waals surface area contributed by atoms with Crippen molar-refractivity contribution in [2.75, 3.05) is 13.2 Å². The summed E-state index contributed by atoms with van der Waals surface area (Å²) in [4.78, 5) is 11.6. The number of carbonyl (C=O) groups is 1. The first kappa shape index (κ1) is 13.9. The summed E-state index contributed by atoms with van der Waals surface area (Å²) < 4.78 is 5.48. The third-order valence-electron chi connectivity index (χ3n) is 3.39. The molecule has 2 rings (SSSR count). The minimum Gasteiger partial charge on any atom is -0.508 e. The zero-order chi connectivity index (χ0) is 13.5. The average molecular weight is 263 g/mol. The van der Waals surface area contributed by atoms with Crippen LogP contribution in [0.5, 0.6) is 5.75 Å². The fourth-order valence-corrected chi connectivity index (χ4v) is 2.26. The summed E-state index contributed by atoms with van der Waals surface area (Å²) in [5, 5.41) is 12.1. The molecule has 1 aromatic carbocycles. The highest BCUT2D eigenvalue weighted by molar-refractivity contribution is 5.75. The number of amides is 1. The molecule has 1 heterocycles. The molecule has 1 fully saturated rings. The number of aromatic hydroxyl groups is 1. The maximum Gasteiger partial charge on any atom is 0.220 e. The molecule has 4 nitrogen and oxygen atoms in total. The van der Waals surface area contributed by atoms with Crippen molar-refractivity contribution in [3.05, 3.63) is 29.8 Å². The molecule has 1 amide bonds. The standard InChI is InChI=1S/C15H21NO3/c17-13-5-3-12(4-6-13)9-10-16-15(18)8-7-14-2-1-11-19-14/h3-6,14,17H,1-2,7-11H2,(H,16,18). The van der Waals surface area contributed by atoms with Gasteiger partial charge in [-0.25, -0.2) is 0 Å². The van der Waals surface area contributed by atoms with Crippen molar-refractivity contribution in [3.63, 3.8) is 0 Å². The Balaban J connectivity index is 1.59. The second-order valence-electron chi connectivity index (χ2n) is 4.94. The minimum absolute atomic E-state index is 0.0919. The highest BCUT2D eigenvalue weighted by Gasteiger charge is 2.16. The van der Waals surface area contributed by atoms with E-state index in [0.29, 0.717) is 13.0 Å². The van der Waals surface area contributed by atoms with Crippen molar-refractivity contribution in [2.45, 2.75) is 38.2 Å². The normalized spacial score (nSPS) is 18.4. The van der Waals surface area contributed by atoms with Crippen LogP contribution in [-0.4, -0.2) is 30.3 Å². The average Bonchev–Trinajstić information content (AvgIpc) is 2.92. The zero-order valence-electron chi connectivity index (χ0n) is 11.1. The summed E-state index contributed by atoms with van der Waals surface area (Å²) >= 11 is 0. The molecule has 0 bridgehead atoms. The van der Waals surface area contributed by atoms with E-state index >= 15 is 0 Å². The molecule has 2 N–H and O–H groups in total. The van der Waals surface area contributed by atoms with Crippen molar-refractivity contribution >= 4 is 5.91 Å². The first-order chi connectivity index (χ1) is 9.24. The van der Waals surface area contributed by atoms with E-state index in [1.165, 1.54) is 0 Å². The van der Waals surface area contributed by atoms with Gasteiger partial charge in [-0.3, -0.25) is 4.79 Å². The molecule has 0 radical (unpaired) electrons. The number of ether oxygens (including phenoxy) is 1. The lowest BCUT2D eigenvalue weighted by Gasteiger charge is -2.09. The Morgan fingerprint density at radius 2 is 2.16 bits per heavy atom. The van der Waals surface area contributed by atoms with Gasteiger partial charge in [0.1, 0.15) is 5.75 Å². The van der Waals surface area contributed by atoms with Gasteiger partial charge in [0.25, 0.3) is 0 Å². The zero-order valence-corrected chi connectivity index (χ0v) is 11.1. The molecule has 104 valence electrons. The smallest absolute Gasteiger partial charge is 0.220 e. The topological polar surface area (TPSA) is 58.6 Å². The first-order valence-corrected chi connectivity index (χ1v) is 6.90. The Labute approximate surface area is 113 Å². The molecule has 19 heavy (non-hydrogen) atoms. The number of carbonyl (C=O) groups excluding carboxylic acids is 1. The Morgan fingerprint density at radius 3 is 2.84 bits per heavy atom. The Kier molecular flexibility index (Phi) is 5.21. The van der Waals surface area contributed by atoms with Gasteiger partial charge in [0.05, 0.1) is 6.10 Å². The fourth-order valence-electron chi connectivity index (χ4n) is 2.26. The molecular weight excluding hydrogens is 242 g/mol. The van der Waals surface area contributed by atoms with Crippen LogP contribution in [-0.2, 0) is 16.0 Å². The number of hydrogen-bond acceptors (Lipinski definition) is 3. The van der Waals surface area contributed by atoms with E-state index in [4.69, 9.17) is 9.84 Å². The van der Waals surface area contributed by atoms with Gasteiger partial charge in [0.15, 0.2) is 0 Å². The Hall–Kier alpha value is -1.55. The van der Waals surface area contributed by atoms with Crippen LogP contribution in [0.1, 0.15) is 31.2 Å². The van der Waals surface area contributed by atoms with E-state index < -0.39 is 0 Å². The van der Waals surface area contributed by atoms with Crippen LogP contribution in [0.4, 0.5) is 0 Å². The summed E-state index contributed by atoms with van der Waals surface area (Å²) in [7, 11) is 0. The number of benzene rings is 1. The molecule has 1 saturated heterocycles. The quantitative estimate of drug-likeness (QED) is 0.825. The maximum absolute atomic E-state index is 11.6. The van der Waals surface area contributed by atoms with Crippen LogP contribution in [0.2, 0.25) is 0 Å². The molecule has 1 aliphatic heterocycles. The lowest BCUT2D eigenvalue weighted by atomic mass is 10.1. The van der Waals surface area contributed by atoms with Gasteiger partial charge < -0.3 is 15.2 Å². The van der Waals surface area contributed by atoms with Crippen LogP contribution in [0.15, 0.2) is 24.3 Å². The molecule has 0 aliphatic carbocycles. The summed E-state index contributed by atoms with van der Waals surface area (Å²) in [5.41, 5.74) is 1.11. The molecule has 1 atom stereocenters. The van der Waals surface area contributed by atoms with E-state index in [2.05, 4.69) is 5.32 Å². The van der Waals surface area contributed by atoms with Crippen LogP contribution in [0.3, 0.4) is 0 Å². The van der Waals surface area contributed by atoms with E-state index in [1.807, 2.05) is 12.1 Å².